The van der Waals surface area contributed by atoms with E-state index in [1.165, 1.54) is 0 Å². The van der Waals surface area contributed by atoms with Crippen molar-refractivity contribution >= 4 is 26.0 Å². The monoisotopic (exact) mass is 556 g/mol. The van der Waals surface area contributed by atoms with Crippen molar-refractivity contribution in [3.05, 3.63) is 42.0 Å². The molecule has 2 aromatic rings. The number of hydrogen-bond donors (Lipinski definition) is 1. The van der Waals surface area contributed by atoms with Crippen LogP contribution in [0, 0.1) is 0 Å². The second-order valence-corrected chi connectivity index (χ2v) is 14.1. The van der Waals surface area contributed by atoms with Gasteiger partial charge in [-0.3, -0.25) is 9.13 Å². The van der Waals surface area contributed by atoms with Crippen molar-refractivity contribution in [1.82, 2.24) is 0 Å². The summed E-state index contributed by atoms with van der Waals surface area (Å²) < 4.78 is 53.1. The standard InChI is InChI=1S/C28H46O7P2/c1-5-9-19-32-36(30,33-20-10-6-2)28(37(31,34-21-11-7-3)35-22-12-8-4)23-24-17-18-27(29)26-16-14-13-15-25(24)26/h13-18,28-29H,5-12,19-23H2,1-4H3. The van der Waals surface area contributed by atoms with Crippen LogP contribution in [0.15, 0.2) is 36.4 Å². The Morgan fingerprint density at radius 3 is 1.46 bits per heavy atom. The van der Waals surface area contributed by atoms with Gasteiger partial charge in [-0.15, -0.1) is 0 Å². The predicted octanol–water partition coefficient (Wildman–Crippen LogP) is 9.07. The van der Waals surface area contributed by atoms with Gasteiger partial charge in [-0.2, -0.15) is 0 Å². The average molecular weight is 557 g/mol. The van der Waals surface area contributed by atoms with Crippen molar-refractivity contribution in [1.29, 1.82) is 0 Å². The first-order valence-corrected chi connectivity index (χ1v) is 17.0. The fraction of sp³-hybridized carbons (Fsp3) is 0.643. The third-order valence-corrected chi connectivity index (χ3v) is 11.9. The molecule has 210 valence electrons. The van der Waals surface area contributed by atoms with E-state index in [1.54, 1.807) is 12.1 Å². The largest absolute Gasteiger partial charge is 0.507 e. The van der Waals surface area contributed by atoms with E-state index in [0.29, 0.717) is 31.1 Å². The minimum atomic E-state index is -3.94. The van der Waals surface area contributed by atoms with Gasteiger partial charge in [0.05, 0.1) is 26.4 Å². The molecular formula is C28H46O7P2. The van der Waals surface area contributed by atoms with Gasteiger partial charge in [0.1, 0.15) is 5.75 Å². The second kappa shape index (κ2) is 16.7. The van der Waals surface area contributed by atoms with Crippen molar-refractivity contribution in [2.45, 2.75) is 90.9 Å². The van der Waals surface area contributed by atoms with E-state index in [0.717, 1.165) is 36.6 Å². The molecule has 37 heavy (non-hydrogen) atoms. The van der Waals surface area contributed by atoms with Gasteiger partial charge in [0.2, 0.25) is 0 Å². The molecule has 1 N–H and O–H groups in total. The Labute approximate surface area is 223 Å². The van der Waals surface area contributed by atoms with E-state index in [-0.39, 0.29) is 38.6 Å². The Morgan fingerprint density at radius 1 is 0.649 bits per heavy atom. The first kappa shape index (κ1) is 32.0. The van der Waals surface area contributed by atoms with Crippen LogP contribution < -0.4 is 0 Å². The highest BCUT2D eigenvalue weighted by Crippen LogP contribution is 2.71. The quantitative estimate of drug-likeness (QED) is 0.128. The SMILES string of the molecule is CCCCOP(=O)(OCCCC)C(Cc1ccc(O)c2ccccc12)P(=O)(OCCCC)OCCCC. The first-order chi connectivity index (χ1) is 17.8. The van der Waals surface area contributed by atoms with Gasteiger partial charge in [-0.05, 0) is 49.1 Å². The van der Waals surface area contributed by atoms with Gasteiger partial charge in [0.15, 0.2) is 5.40 Å². The fourth-order valence-corrected chi connectivity index (χ4v) is 9.28. The Kier molecular flexibility index (Phi) is 14.4. The third-order valence-electron chi connectivity index (χ3n) is 6.20. The molecule has 0 amide bonds. The molecule has 2 aromatic carbocycles. The van der Waals surface area contributed by atoms with Gasteiger partial charge in [-0.1, -0.05) is 83.7 Å². The summed E-state index contributed by atoms with van der Waals surface area (Å²) >= 11 is 0. The van der Waals surface area contributed by atoms with E-state index in [4.69, 9.17) is 18.1 Å². The summed E-state index contributed by atoms with van der Waals surface area (Å²) in [6, 6.07) is 10.8. The highest BCUT2D eigenvalue weighted by Gasteiger charge is 2.51. The lowest BCUT2D eigenvalue weighted by Gasteiger charge is -2.32. The lowest BCUT2D eigenvalue weighted by Crippen LogP contribution is -2.21. The molecule has 0 saturated carbocycles. The number of benzene rings is 2. The van der Waals surface area contributed by atoms with E-state index in [1.807, 2.05) is 52.0 Å². The smallest absolute Gasteiger partial charge is 0.346 e. The van der Waals surface area contributed by atoms with E-state index >= 15 is 0 Å². The molecule has 0 unspecified atom stereocenters. The summed E-state index contributed by atoms with van der Waals surface area (Å²) in [7, 11) is -7.88. The topological polar surface area (TPSA) is 91.3 Å². The lowest BCUT2D eigenvalue weighted by molar-refractivity contribution is 0.176. The molecule has 0 atom stereocenters. The van der Waals surface area contributed by atoms with Crippen LogP contribution >= 0.6 is 15.2 Å². The fourth-order valence-electron chi connectivity index (χ4n) is 3.88. The van der Waals surface area contributed by atoms with Crippen molar-refractivity contribution in [3.63, 3.8) is 0 Å². The number of rotatable bonds is 20. The summed E-state index contributed by atoms with van der Waals surface area (Å²) in [5.74, 6) is 0.152. The van der Waals surface area contributed by atoms with Crippen LogP contribution in [-0.4, -0.2) is 36.9 Å². The highest BCUT2D eigenvalue weighted by molar-refractivity contribution is 7.72. The van der Waals surface area contributed by atoms with Crippen LogP contribution in [0.2, 0.25) is 0 Å². The van der Waals surface area contributed by atoms with Gasteiger partial charge in [-0.25, -0.2) is 0 Å². The maximum atomic E-state index is 14.6. The number of unbranched alkanes of at least 4 members (excludes halogenated alkanes) is 4. The molecule has 0 spiro atoms. The summed E-state index contributed by atoms with van der Waals surface area (Å²) in [6.45, 7) is 9.04. The number of aromatic hydroxyl groups is 1. The maximum Gasteiger partial charge on any atom is 0.346 e. The molecule has 0 aromatic heterocycles. The van der Waals surface area contributed by atoms with Gasteiger partial charge < -0.3 is 23.2 Å². The zero-order valence-corrected chi connectivity index (χ0v) is 24.8. The van der Waals surface area contributed by atoms with Crippen LogP contribution in [0.25, 0.3) is 10.8 Å². The Bertz CT molecular complexity index is 961. The summed E-state index contributed by atoms with van der Waals surface area (Å²) in [5, 5.41) is 10.7. The molecule has 2 rings (SSSR count). The van der Waals surface area contributed by atoms with Crippen LogP contribution in [-0.2, 0) is 33.6 Å². The van der Waals surface area contributed by atoms with E-state index in [9.17, 15) is 14.2 Å². The summed E-state index contributed by atoms with van der Waals surface area (Å²) in [5.41, 5.74) is 0.773. The van der Waals surface area contributed by atoms with Crippen LogP contribution in [0.3, 0.4) is 0 Å². The number of fused-ring (bicyclic) bond motifs is 1. The van der Waals surface area contributed by atoms with Crippen molar-refractivity contribution in [2.75, 3.05) is 26.4 Å². The Morgan fingerprint density at radius 2 is 1.05 bits per heavy atom. The van der Waals surface area contributed by atoms with Crippen molar-refractivity contribution in [3.8, 4) is 5.75 Å². The number of phenols is 1. The molecule has 0 fully saturated rings. The Balaban J connectivity index is 2.61. The third kappa shape index (κ3) is 9.49. The normalized spacial score (nSPS) is 12.6. The molecule has 0 radical (unpaired) electrons. The van der Waals surface area contributed by atoms with Crippen molar-refractivity contribution < 1.29 is 32.3 Å². The molecule has 0 aliphatic carbocycles. The average Bonchev–Trinajstić information content (AvgIpc) is 2.89. The van der Waals surface area contributed by atoms with Crippen LogP contribution in [0.5, 0.6) is 5.75 Å². The minimum Gasteiger partial charge on any atom is -0.507 e. The summed E-state index contributed by atoms with van der Waals surface area (Å²) in [4.78, 5) is 0. The second-order valence-electron chi connectivity index (χ2n) is 9.30. The summed E-state index contributed by atoms with van der Waals surface area (Å²) in [6.07, 6.45) is 6.36. The lowest BCUT2D eigenvalue weighted by atomic mass is 10.0. The number of hydrogen-bond acceptors (Lipinski definition) is 7. The molecule has 0 aliphatic rings. The first-order valence-electron chi connectivity index (χ1n) is 13.8. The molecular weight excluding hydrogens is 510 g/mol. The van der Waals surface area contributed by atoms with Gasteiger partial charge in [0, 0.05) is 5.39 Å². The highest BCUT2D eigenvalue weighted by atomic mass is 31.2. The van der Waals surface area contributed by atoms with Gasteiger partial charge in [0.25, 0.3) is 0 Å². The molecule has 0 aliphatic heterocycles. The molecule has 7 nitrogen and oxygen atoms in total. The van der Waals surface area contributed by atoms with E-state index in [2.05, 4.69) is 0 Å². The molecule has 0 bridgehead atoms. The van der Waals surface area contributed by atoms with Crippen LogP contribution in [0.4, 0.5) is 0 Å². The minimum absolute atomic E-state index is 0.103. The molecule has 0 saturated heterocycles. The van der Waals surface area contributed by atoms with Gasteiger partial charge >= 0.3 is 15.2 Å². The molecule has 9 heteroatoms. The zero-order chi connectivity index (χ0) is 27.2. The predicted molar refractivity (Wildman–Crippen MR) is 152 cm³/mol. The van der Waals surface area contributed by atoms with Crippen LogP contribution in [0.1, 0.15) is 84.6 Å². The maximum absolute atomic E-state index is 14.6. The zero-order valence-electron chi connectivity index (χ0n) is 23.0. The van der Waals surface area contributed by atoms with Crippen molar-refractivity contribution in [2.24, 2.45) is 0 Å². The number of phenolic OH excluding ortho intramolecular Hbond substituents is 1. The Hall–Kier alpha value is -1.20. The molecule has 0 heterocycles. The van der Waals surface area contributed by atoms with E-state index < -0.39 is 20.6 Å².